The van der Waals surface area contributed by atoms with E-state index in [-0.39, 0.29) is 31.6 Å². The van der Waals surface area contributed by atoms with Crippen molar-refractivity contribution in [2.75, 3.05) is 26.4 Å². The molecule has 0 aromatic heterocycles. The first-order valence-electron chi connectivity index (χ1n) is 5.41. The standard InChI is InChI=1S/C10H17F2NO3/c11-9(12)7-16-5-3-10(15)13-4-1-2-8(13)6-14/h8-9,14H,1-7H2. The van der Waals surface area contributed by atoms with Gasteiger partial charge in [0.2, 0.25) is 5.91 Å². The second-order valence-electron chi connectivity index (χ2n) is 3.78. The largest absolute Gasteiger partial charge is 0.394 e. The molecule has 0 aliphatic carbocycles. The molecule has 1 N–H and O–H groups in total. The van der Waals surface area contributed by atoms with Crippen molar-refractivity contribution in [3.8, 4) is 0 Å². The number of hydrogen-bond acceptors (Lipinski definition) is 3. The number of halogens is 2. The number of aliphatic hydroxyl groups is 1. The fraction of sp³-hybridized carbons (Fsp3) is 0.900. The zero-order valence-corrected chi connectivity index (χ0v) is 9.07. The minimum Gasteiger partial charge on any atom is -0.394 e. The number of carbonyl (C=O) groups is 1. The molecular weight excluding hydrogens is 220 g/mol. The van der Waals surface area contributed by atoms with Gasteiger partial charge in [-0.3, -0.25) is 4.79 Å². The number of aliphatic hydroxyl groups excluding tert-OH is 1. The summed E-state index contributed by atoms with van der Waals surface area (Å²) in [4.78, 5) is 13.2. The second kappa shape index (κ2) is 6.75. The quantitative estimate of drug-likeness (QED) is 0.690. The van der Waals surface area contributed by atoms with Crippen LogP contribution in [0.3, 0.4) is 0 Å². The molecule has 1 atom stereocenters. The first kappa shape index (κ1) is 13.3. The van der Waals surface area contributed by atoms with Crippen molar-refractivity contribution in [3.63, 3.8) is 0 Å². The molecule has 1 fully saturated rings. The van der Waals surface area contributed by atoms with Crippen molar-refractivity contribution >= 4 is 5.91 Å². The molecule has 0 radical (unpaired) electrons. The second-order valence-corrected chi connectivity index (χ2v) is 3.78. The van der Waals surface area contributed by atoms with E-state index < -0.39 is 13.0 Å². The Bertz CT molecular complexity index is 226. The van der Waals surface area contributed by atoms with Gasteiger partial charge in [-0.15, -0.1) is 0 Å². The molecule has 0 bridgehead atoms. The number of amides is 1. The lowest BCUT2D eigenvalue weighted by molar-refractivity contribution is -0.134. The highest BCUT2D eigenvalue weighted by atomic mass is 19.3. The maximum absolute atomic E-state index is 11.7. The molecule has 1 aliphatic rings. The molecule has 1 unspecified atom stereocenters. The van der Waals surface area contributed by atoms with E-state index in [1.54, 1.807) is 4.90 Å². The Morgan fingerprint density at radius 2 is 2.31 bits per heavy atom. The minimum atomic E-state index is -2.49. The molecule has 1 rings (SSSR count). The van der Waals surface area contributed by atoms with Gasteiger partial charge in [-0.25, -0.2) is 8.78 Å². The lowest BCUT2D eigenvalue weighted by Gasteiger charge is -2.22. The van der Waals surface area contributed by atoms with Crippen LogP contribution in [0.4, 0.5) is 8.78 Å². The third kappa shape index (κ3) is 4.02. The molecule has 0 saturated carbocycles. The van der Waals surface area contributed by atoms with E-state index in [1.807, 2.05) is 0 Å². The summed E-state index contributed by atoms with van der Waals surface area (Å²) in [5.74, 6) is -0.134. The van der Waals surface area contributed by atoms with Crippen LogP contribution < -0.4 is 0 Å². The van der Waals surface area contributed by atoms with Crippen molar-refractivity contribution in [2.24, 2.45) is 0 Å². The fourth-order valence-corrected chi connectivity index (χ4v) is 1.83. The summed E-state index contributed by atoms with van der Waals surface area (Å²) in [6, 6.07) is -0.109. The van der Waals surface area contributed by atoms with Gasteiger partial charge in [-0.1, -0.05) is 0 Å². The monoisotopic (exact) mass is 237 g/mol. The van der Waals surface area contributed by atoms with E-state index in [4.69, 9.17) is 5.11 Å². The molecule has 1 saturated heterocycles. The number of ether oxygens (including phenoxy) is 1. The first-order chi connectivity index (χ1) is 7.65. The van der Waals surface area contributed by atoms with E-state index in [0.717, 1.165) is 12.8 Å². The van der Waals surface area contributed by atoms with Crippen LogP contribution in [0.15, 0.2) is 0 Å². The number of likely N-dealkylation sites (tertiary alicyclic amines) is 1. The number of nitrogens with zero attached hydrogens (tertiary/aromatic N) is 1. The molecule has 1 amide bonds. The van der Waals surface area contributed by atoms with Crippen LogP contribution in [0.25, 0.3) is 0 Å². The van der Waals surface area contributed by atoms with Gasteiger partial charge in [0, 0.05) is 6.54 Å². The van der Waals surface area contributed by atoms with E-state index in [0.29, 0.717) is 6.54 Å². The van der Waals surface area contributed by atoms with Crippen molar-refractivity contribution in [3.05, 3.63) is 0 Å². The van der Waals surface area contributed by atoms with E-state index in [9.17, 15) is 13.6 Å². The van der Waals surface area contributed by atoms with Gasteiger partial charge in [-0.05, 0) is 12.8 Å². The van der Waals surface area contributed by atoms with Crippen LogP contribution in [0, 0.1) is 0 Å². The van der Waals surface area contributed by atoms with Gasteiger partial charge in [0.25, 0.3) is 6.43 Å². The molecule has 94 valence electrons. The van der Waals surface area contributed by atoms with Gasteiger partial charge in [-0.2, -0.15) is 0 Å². The normalized spacial score (nSPS) is 20.8. The zero-order valence-electron chi connectivity index (χ0n) is 9.07. The summed E-state index contributed by atoms with van der Waals surface area (Å²) in [7, 11) is 0. The lowest BCUT2D eigenvalue weighted by atomic mass is 10.2. The van der Waals surface area contributed by atoms with Crippen LogP contribution >= 0.6 is 0 Å². The maximum Gasteiger partial charge on any atom is 0.261 e. The molecule has 0 aromatic carbocycles. The molecule has 0 spiro atoms. The average molecular weight is 237 g/mol. The SMILES string of the molecule is O=C(CCOCC(F)F)N1CCCC1CO. The first-order valence-corrected chi connectivity index (χ1v) is 5.41. The van der Waals surface area contributed by atoms with E-state index in [2.05, 4.69) is 4.74 Å². The van der Waals surface area contributed by atoms with Crippen molar-refractivity contribution < 1.29 is 23.4 Å². The van der Waals surface area contributed by atoms with Gasteiger partial charge in [0.05, 0.1) is 25.7 Å². The Hall–Kier alpha value is -0.750. The average Bonchev–Trinajstić information content (AvgIpc) is 2.71. The lowest BCUT2D eigenvalue weighted by Crippen LogP contribution is -2.38. The van der Waals surface area contributed by atoms with Gasteiger partial charge >= 0.3 is 0 Å². The van der Waals surface area contributed by atoms with Crippen molar-refractivity contribution in [1.82, 2.24) is 4.90 Å². The van der Waals surface area contributed by atoms with Crippen LogP contribution in [0.5, 0.6) is 0 Å². The van der Waals surface area contributed by atoms with Gasteiger partial charge in [0.1, 0.15) is 6.61 Å². The maximum atomic E-state index is 11.7. The number of carbonyl (C=O) groups excluding carboxylic acids is 1. The third-order valence-corrected chi connectivity index (χ3v) is 2.61. The highest BCUT2D eigenvalue weighted by Gasteiger charge is 2.27. The summed E-state index contributed by atoms with van der Waals surface area (Å²) in [6.07, 6.45) is -0.704. The van der Waals surface area contributed by atoms with Crippen LogP contribution in [0.1, 0.15) is 19.3 Å². The molecule has 4 nitrogen and oxygen atoms in total. The van der Waals surface area contributed by atoms with Gasteiger partial charge < -0.3 is 14.7 Å². The summed E-state index contributed by atoms with van der Waals surface area (Å²) in [5, 5.41) is 9.01. The Morgan fingerprint density at radius 1 is 1.56 bits per heavy atom. The molecular formula is C10H17F2NO3. The smallest absolute Gasteiger partial charge is 0.261 e. The van der Waals surface area contributed by atoms with Crippen molar-refractivity contribution in [2.45, 2.75) is 31.7 Å². The molecule has 6 heteroatoms. The van der Waals surface area contributed by atoms with Gasteiger partial charge in [0.15, 0.2) is 0 Å². The number of rotatable bonds is 6. The van der Waals surface area contributed by atoms with E-state index in [1.165, 1.54) is 0 Å². The topological polar surface area (TPSA) is 49.8 Å². The molecule has 1 aliphatic heterocycles. The Labute approximate surface area is 93.2 Å². The fourth-order valence-electron chi connectivity index (χ4n) is 1.83. The molecule has 16 heavy (non-hydrogen) atoms. The molecule has 0 aromatic rings. The summed E-state index contributed by atoms with van der Waals surface area (Å²) < 4.78 is 28.1. The van der Waals surface area contributed by atoms with Crippen molar-refractivity contribution in [1.29, 1.82) is 0 Å². The number of alkyl halides is 2. The highest BCUT2D eigenvalue weighted by Crippen LogP contribution is 2.17. The molecule has 1 heterocycles. The Kier molecular flexibility index (Phi) is 5.62. The van der Waals surface area contributed by atoms with Crippen LogP contribution in [0.2, 0.25) is 0 Å². The summed E-state index contributed by atoms with van der Waals surface area (Å²) in [5.41, 5.74) is 0. The summed E-state index contributed by atoms with van der Waals surface area (Å²) in [6.45, 7) is -0.0168. The minimum absolute atomic E-state index is 0.0117. The van der Waals surface area contributed by atoms with E-state index >= 15 is 0 Å². The number of hydrogen-bond donors (Lipinski definition) is 1. The highest BCUT2D eigenvalue weighted by molar-refractivity contribution is 5.76. The zero-order chi connectivity index (χ0) is 12.0. The van der Waals surface area contributed by atoms with Crippen LogP contribution in [-0.2, 0) is 9.53 Å². The predicted molar refractivity (Wildman–Crippen MR) is 53.3 cm³/mol. The summed E-state index contributed by atoms with van der Waals surface area (Å²) >= 11 is 0. The van der Waals surface area contributed by atoms with Crippen LogP contribution in [-0.4, -0.2) is 54.7 Å². The predicted octanol–water partition coefficient (Wildman–Crippen LogP) is 0.641. The third-order valence-electron chi connectivity index (χ3n) is 2.61. The Balaban J connectivity index is 2.19. The Morgan fingerprint density at radius 3 is 2.94 bits per heavy atom.